The molecule has 0 radical (unpaired) electrons. The number of halogens is 2. The van der Waals surface area contributed by atoms with Crippen LogP contribution in [0, 0.1) is 23.5 Å². The second kappa shape index (κ2) is 11.9. The van der Waals surface area contributed by atoms with E-state index in [0.29, 0.717) is 19.0 Å². The second-order valence-electron chi connectivity index (χ2n) is 9.19. The highest BCUT2D eigenvalue weighted by Gasteiger charge is 2.32. The first-order valence-corrected chi connectivity index (χ1v) is 11.7. The van der Waals surface area contributed by atoms with Crippen LogP contribution in [-0.2, 0) is 23.9 Å². The SMILES string of the molecule is CC(C)C(N)C(=O)OCC(=O)[C@H](CC1CCNC1=O)NC(=O)CNC(=O)c1cc2cc(F)cc(F)c2[nH]1. The van der Waals surface area contributed by atoms with Crippen molar-refractivity contribution in [2.45, 2.75) is 38.8 Å². The Morgan fingerprint density at radius 3 is 2.57 bits per heavy atom. The summed E-state index contributed by atoms with van der Waals surface area (Å²) in [6.07, 6.45) is 0.440. The number of carbonyl (C=O) groups is 5. The second-order valence-corrected chi connectivity index (χ2v) is 9.19. The zero-order chi connectivity index (χ0) is 27.3. The van der Waals surface area contributed by atoms with Gasteiger partial charge in [-0.25, -0.2) is 8.78 Å². The van der Waals surface area contributed by atoms with E-state index in [2.05, 4.69) is 20.9 Å². The Bertz CT molecular complexity index is 1210. The van der Waals surface area contributed by atoms with Crippen LogP contribution < -0.4 is 21.7 Å². The van der Waals surface area contributed by atoms with Crippen LogP contribution in [0.25, 0.3) is 10.9 Å². The summed E-state index contributed by atoms with van der Waals surface area (Å²) in [7, 11) is 0. The molecule has 3 rings (SSSR count). The number of hydrogen-bond acceptors (Lipinski definition) is 7. The van der Waals surface area contributed by atoms with Crippen molar-refractivity contribution in [2.75, 3.05) is 19.7 Å². The number of benzene rings is 1. The van der Waals surface area contributed by atoms with Crippen molar-refractivity contribution < 1.29 is 37.5 Å². The van der Waals surface area contributed by atoms with Crippen LogP contribution >= 0.6 is 0 Å². The van der Waals surface area contributed by atoms with Gasteiger partial charge in [0, 0.05) is 23.9 Å². The third-order valence-electron chi connectivity index (χ3n) is 6.05. The maximum absolute atomic E-state index is 13.9. The molecule has 37 heavy (non-hydrogen) atoms. The Morgan fingerprint density at radius 2 is 1.92 bits per heavy atom. The Balaban J connectivity index is 1.61. The molecule has 1 aliphatic heterocycles. The molecule has 2 aromatic rings. The predicted molar refractivity (Wildman–Crippen MR) is 127 cm³/mol. The molecule has 13 heteroatoms. The van der Waals surface area contributed by atoms with Gasteiger partial charge in [-0.1, -0.05) is 13.8 Å². The number of esters is 1. The average molecular weight is 522 g/mol. The smallest absolute Gasteiger partial charge is 0.323 e. The number of aromatic amines is 1. The van der Waals surface area contributed by atoms with Gasteiger partial charge < -0.3 is 31.4 Å². The Hall–Kier alpha value is -3.87. The van der Waals surface area contributed by atoms with E-state index in [1.54, 1.807) is 13.8 Å². The van der Waals surface area contributed by atoms with Gasteiger partial charge in [0.05, 0.1) is 18.1 Å². The highest BCUT2D eigenvalue weighted by atomic mass is 19.1. The van der Waals surface area contributed by atoms with Gasteiger partial charge in [0.25, 0.3) is 5.91 Å². The first kappa shape index (κ1) is 27.7. The van der Waals surface area contributed by atoms with Crippen molar-refractivity contribution in [3.8, 4) is 0 Å². The minimum Gasteiger partial charge on any atom is -0.456 e. The van der Waals surface area contributed by atoms with Gasteiger partial charge in [-0.05, 0) is 30.9 Å². The molecule has 200 valence electrons. The number of ether oxygens (including phenoxy) is 1. The number of ketones is 1. The monoisotopic (exact) mass is 521 g/mol. The first-order valence-electron chi connectivity index (χ1n) is 11.7. The lowest BCUT2D eigenvalue weighted by atomic mass is 9.96. The molecule has 0 saturated carbocycles. The Morgan fingerprint density at radius 1 is 1.19 bits per heavy atom. The van der Waals surface area contributed by atoms with E-state index < -0.39 is 66.4 Å². The largest absolute Gasteiger partial charge is 0.456 e. The van der Waals surface area contributed by atoms with Crippen LogP contribution in [0.5, 0.6) is 0 Å². The molecule has 0 bridgehead atoms. The van der Waals surface area contributed by atoms with Crippen LogP contribution in [0.4, 0.5) is 8.78 Å². The molecular weight excluding hydrogens is 492 g/mol. The highest BCUT2D eigenvalue weighted by Crippen LogP contribution is 2.20. The Labute approximate surface area is 210 Å². The summed E-state index contributed by atoms with van der Waals surface area (Å²) < 4.78 is 32.3. The lowest BCUT2D eigenvalue weighted by molar-refractivity contribution is -0.151. The van der Waals surface area contributed by atoms with E-state index in [9.17, 15) is 32.8 Å². The summed E-state index contributed by atoms with van der Waals surface area (Å²) in [6.45, 7) is 2.66. The van der Waals surface area contributed by atoms with E-state index in [1.807, 2.05) is 0 Å². The number of aromatic nitrogens is 1. The maximum atomic E-state index is 13.9. The van der Waals surface area contributed by atoms with Crippen LogP contribution in [0.3, 0.4) is 0 Å². The summed E-state index contributed by atoms with van der Waals surface area (Å²) in [6, 6.07) is 0.867. The van der Waals surface area contributed by atoms with Gasteiger partial charge in [0.15, 0.2) is 12.4 Å². The van der Waals surface area contributed by atoms with Crippen molar-refractivity contribution in [2.24, 2.45) is 17.6 Å². The third-order valence-corrected chi connectivity index (χ3v) is 6.05. The van der Waals surface area contributed by atoms with Crippen molar-refractivity contribution >= 4 is 40.4 Å². The van der Waals surface area contributed by atoms with Crippen molar-refractivity contribution in [3.05, 3.63) is 35.5 Å². The maximum Gasteiger partial charge on any atom is 0.323 e. The number of carbonyl (C=O) groups excluding carboxylic acids is 5. The number of hydrogen-bond donors (Lipinski definition) is 5. The molecule has 11 nitrogen and oxygen atoms in total. The molecule has 0 aliphatic carbocycles. The number of H-pyrrole nitrogens is 1. The normalized spacial score (nSPS) is 16.8. The van der Waals surface area contributed by atoms with E-state index in [0.717, 1.165) is 6.07 Å². The number of nitrogens with two attached hydrogens (primary N) is 1. The predicted octanol–water partition coefficient (Wildman–Crippen LogP) is 0.283. The molecule has 1 saturated heterocycles. The summed E-state index contributed by atoms with van der Waals surface area (Å²) >= 11 is 0. The molecular formula is C24H29F2N5O6. The van der Waals surface area contributed by atoms with E-state index >= 15 is 0 Å². The zero-order valence-electron chi connectivity index (χ0n) is 20.4. The summed E-state index contributed by atoms with van der Waals surface area (Å²) in [5.74, 6) is -5.61. The summed E-state index contributed by atoms with van der Waals surface area (Å²) in [4.78, 5) is 64.2. The number of nitrogens with one attached hydrogen (secondary N) is 4. The van der Waals surface area contributed by atoms with Gasteiger partial charge >= 0.3 is 5.97 Å². The van der Waals surface area contributed by atoms with Gasteiger partial charge in [-0.2, -0.15) is 0 Å². The highest BCUT2D eigenvalue weighted by molar-refractivity contribution is 6.00. The first-order chi connectivity index (χ1) is 17.5. The lowest BCUT2D eigenvalue weighted by Crippen LogP contribution is -2.48. The Kier molecular flexibility index (Phi) is 8.92. The third kappa shape index (κ3) is 7.09. The molecule has 1 aromatic carbocycles. The minimum atomic E-state index is -1.16. The standard InChI is InChI=1S/C24H29F2N5O6/c1-11(2)20(27)24(36)37-10-18(32)16(6-12-3-4-28-22(12)34)30-19(33)9-29-23(35)17-7-13-5-14(25)8-15(26)21(13)31-17/h5,7-8,11-12,16,20,31H,3-4,6,9-10,27H2,1-2H3,(H,28,34)(H,29,35)(H,30,33)/t12?,16-,20?/m0/s1. The molecule has 1 aromatic heterocycles. The number of Topliss-reactive ketones (excluding diaryl/α,β-unsaturated/α-hetero) is 1. The van der Waals surface area contributed by atoms with Crippen LogP contribution in [0.15, 0.2) is 18.2 Å². The van der Waals surface area contributed by atoms with Gasteiger partial charge in [0.1, 0.15) is 23.4 Å². The number of rotatable bonds is 11. The van der Waals surface area contributed by atoms with Crippen molar-refractivity contribution in [1.82, 2.24) is 20.9 Å². The van der Waals surface area contributed by atoms with Gasteiger partial charge in [0.2, 0.25) is 11.8 Å². The number of amides is 3. The molecule has 2 heterocycles. The average Bonchev–Trinajstić information content (AvgIpc) is 3.45. The molecule has 3 amide bonds. The number of fused-ring (bicyclic) bond motifs is 1. The van der Waals surface area contributed by atoms with Crippen LogP contribution in [0.1, 0.15) is 37.2 Å². The van der Waals surface area contributed by atoms with E-state index in [1.165, 1.54) is 6.07 Å². The van der Waals surface area contributed by atoms with E-state index in [-0.39, 0.29) is 34.8 Å². The molecule has 1 aliphatic rings. The van der Waals surface area contributed by atoms with Crippen LogP contribution in [-0.4, -0.2) is 66.2 Å². The van der Waals surface area contributed by atoms with Gasteiger partial charge in [-0.15, -0.1) is 0 Å². The van der Waals surface area contributed by atoms with Gasteiger partial charge in [-0.3, -0.25) is 24.0 Å². The zero-order valence-corrected chi connectivity index (χ0v) is 20.4. The summed E-state index contributed by atoms with van der Waals surface area (Å²) in [5.41, 5.74) is 5.55. The van der Waals surface area contributed by atoms with Crippen LogP contribution in [0.2, 0.25) is 0 Å². The molecule has 3 atom stereocenters. The fourth-order valence-corrected chi connectivity index (χ4v) is 3.83. The fraction of sp³-hybridized carbons (Fsp3) is 0.458. The summed E-state index contributed by atoms with van der Waals surface area (Å²) in [5, 5.41) is 7.58. The fourth-order valence-electron chi connectivity index (χ4n) is 3.83. The van der Waals surface area contributed by atoms with E-state index in [4.69, 9.17) is 10.5 Å². The molecule has 2 unspecified atom stereocenters. The molecule has 1 fully saturated rings. The lowest BCUT2D eigenvalue weighted by Gasteiger charge is -2.21. The topological polar surface area (TPSA) is 172 Å². The molecule has 6 N–H and O–H groups in total. The molecule has 0 spiro atoms. The minimum absolute atomic E-state index is 0.0228. The van der Waals surface area contributed by atoms with Crippen molar-refractivity contribution in [1.29, 1.82) is 0 Å². The van der Waals surface area contributed by atoms with Crippen molar-refractivity contribution in [3.63, 3.8) is 0 Å². The quantitative estimate of drug-likeness (QED) is 0.264.